The van der Waals surface area contributed by atoms with Gasteiger partial charge in [-0.05, 0) is 50.4 Å². The van der Waals surface area contributed by atoms with Gasteiger partial charge in [0.2, 0.25) is 5.91 Å². The zero-order valence-electron chi connectivity index (χ0n) is 11.0. The van der Waals surface area contributed by atoms with Gasteiger partial charge >= 0.3 is 0 Å². The average Bonchev–Trinajstić information content (AvgIpc) is 2.61. The Bertz CT molecular complexity index is 487. The quantitative estimate of drug-likeness (QED) is 0.797. The number of hydrogen-bond acceptors (Lipinski definition) is 2. The van der Waals surface area contributed by atoms with Crippen molar-refractivity contribution in [3.05, 3.63) is 29.3 Å². The summed E-state index contributed by atoms with van der Waals surface area (Å²) < 4.78 is 0. The van der Waals surface area contributed by atoms with Gasteiger partial charge in [-0.1, -0.05) is 18.6 Å². The topological polar surface area (TPSA) is 41.1 Å². The average molecular weight is 244 g/mol. The molecule has 1 atom stereocenters. The van der Waals surface area contributed by atoms with Crippen molar-refractivity contribution in [2.75, 3.05) is 11.9 Å². The molecule has 2 aliphatic rings. The lowest BCUT2D eigenvalue weighted by Crippen LogP contribution is -2.28. The highest BCUT2D eigenvalue weighted by Crippen LogP contribution is 2.39. The van der Waals surface area contributed by atoms with E-state index in [1.807, 2.05) is 19.9 Å². The first-order valence-electron chi connectivity index (χ1n) is 6.78. The number of carbonyl (C=O) groups excluding carboxylic acids is 1. The highest BCUT2D eigenvalue weighted by atomic mass is 16.2. The fourth-order valence-electron chi connectivity index (χ4n) is 2.94. The van der Waals surface area contributed by atoms with Gasteiger partial charge in [-0.2, -0.15) is 0 Å². The minimum Gasteiger partial charge on any atom is -0.325 e. The molecule has 2 aliphatic heterocycles. The van der Waals surface area contributed by atoms with Gasteiger partial charge in [0.15, 0.2) is 0 Å². The summed E-state index contributed by atoms with van der Waals surface area (Å²) in [6.45, 7) is 5.08. The van der Waals surface area contributed by atoms with Gasteiger partial charge in [-0.25, -0.2) is 0 Å². The lowest BCUT2D eigenvalue weighted by molar-refractivity contribution is -0.119. The molecule has 0 radical (unpaired) electrons. The first kappa shape index (κ1) is 11.7. The van der Waals surface area contributed by atoms with Crippen LogP contribution < -0.4 is 10.6 Å². The molecule has 0 spiro atoms. The molecule has 2 heterocycles. The Kier molecular flexibility index (Phi) is 2.67. The lowest BCUT2D eigenvalue weighted by atomic mass is 9.84. The van der Waals surface area contributed by atoms with Crippen LogP contribution in [0.3, 0.4) is 0 Å². The molecule has 1 saturated heterocycles. The molecule has 0 bridgehead atoms. The summed E-state index contributed by atoms with van der Waals surface area (Å²) in [5.41, 5.74) is 3.03. The van der Waals surface area contributed by atoms with E-state index < -0.39 is 5.41 Å². The third kappa shape index (κ3) is 1.74. The number of anilines is 1. The highest BCUT2D eigenvalue weighted by molar-refractivity contribution is 6.05. The summed E-state index contributed by atoms with van der Waals surface area (Å²) in [4.78, 5) is 11.9. The molecule has 3 nitrogen and oxygen atoms in total. The van der Waals surface area contributed by atoms with Gasteiger partial charge in [-0.15, -0.1) is 0 Å². The predicted octanol–water partition coefficient (Wildman–Crippen LogP) is 2.73. The van der Waals surface area contributed by atoms with E-state index in [2.05, 4.69) is 22.8 Å². The summed E-state index contributed by atoms with van der Waals surface area (Å²) >= 11 is 0. The Hall–Kier alpha value is -1.35. The zero-order valence-corrected chi connectivity index (χ0v) is 11.0. The van der Waals surface area contributed by atoms with E-state index >= 15 is 0 Å². The summed E-state index contributed by atoms with van der Waals surface area (Å²) in [7, 11) is 0. The normalized spacial score (nSPS) is 25.7. The molecule has 0 aromatic heterocycles. The molecule has 1 unspecified atom stereocenters. The Labute approximate surface area is 108 Å². The summed E-state index contributed by atoms with van der Waals surface area (Å²) in [5.74, 6) is 0.103. The molecule has 3 rings (SSSR count). The number of nitrogens with one attached hydrogen (secondary N) is 2. The SMILES string of the molecule is CC1(C)C(=O)Nc2ccc(C3CCCCN3)cc21. The van der Waals surface area contributed by atoms with Gasteiger partial charge in [0.25, 0.3) is 0 Å². The van der Waals surface area contributed by atoms with Crippen molar-refractivity contribution in [1.82, 2.24) is 5.32 Å². The Morgan fingerprint density at radius 2 is 2.11 bits per heavy atom. The van der Waals surface area contributed by atoms with Crippen LogP contribution >= 0.6 is 0 Å². The molecular weight excluding hydrogens is 224 g/mol. The van der Waals surface area contributed by atoms with Crippen LogP contribution in [0.2, 0.25) is 0 Å². The smallest absolute Gasteiger partial charge is 0.234 e. The van der Waals surface area contributed by atoms with Crippen LogP contribution in [0.1, 0.15) is 50.3 Å². The highest BCUT2D eigenvalue weighted by Gasteiger charge is 2.38. The Morgan fingerprint density at radius 3 is 2.83 bits per heavy atom. The van der Waals surface area contributed by atoms with E-state index in [0.717, 1.165) is 17.8 Å². The fraction of sp³-hybridized carbons (Fsp3) is 0.533. The Balaban J connectivity index is 1.96. The second-order valence-corrected chi connectivity index (χ2v) is 5.89. The first-order chi connectivity index (χ1) is 8.59. The number of hydrogen-bond donors (Lipinski definition) is 2. The van der Waals surface area contributed by atoms with E-state index in [-0.39, 0.29) is 5.91 Å². The maximum atomic E-state index is 11.9. The molecule has 0 saturated carbocycles. The molecule has 1 aromatic carbocycles. The fourth-order valence-corrected chi connectivity index (χ4v) is 2.94. The second-order valence-electron chi connectivity index (χ2n) is 5.89. The molecule has 96 valence electrons. The Morgan fingerprint density at radius 1 is 1.28 bits per heavy atom. The lowest BCUT2D eigenvalue weighted by Gasteiger charge is -2.25. The summed E-state index contributed by atoms with van der Waals surface area (Å²) in [6, 6.07) is 6.85. The van der Waals surface area contributed by atoms with Crippen LogP contribution in [0, 0.1) is 0 Å². The standard InChI is InChI=1S/C15H20N2O/c1-15(2)11-9-10(12-5-3-4-8-16-12)6-7-13(11)17-14(15)18/h6-7,9,12,16H,3-5,8H2,1-2H3,(H,17,18). The van der Waals surface area contributed by atoms with E-state index in [1.165, 1.54) is 24.8 Å². The molecule has 0 aliphatic carbocycles. The van der Waals surface area contributed by atoms with Crippen molar-refractivity contribution >= 4 is 11.6 Å². The van der Waals surface area contributed by atoms with E-state index in [9.17, 15) is 4.79 Å². The van der Waals surface area contributed by atoms with Gasteiger partial charge in [0, 0.05) is 11.7 Å². The van der Waals surface area contributed by atoms with Crippen LogP contribution in [0.5, 0.6) is 0 Å². The van der Waals surface area contributed by atoms with Crippen molar-refractivity contribution in [2.45, 2.75) is 44.6 Å². The van der Waals surface area contributed by atoms with Crippen LogP contribution in [-0.4, -0.2) is 12.5 Å². The molecule has 3 heteroatoms. The van der Waals surface area contributed by atoms with Crippen LogP contribution in [0.4, 0.5) is 5.69 Å². The van der Waals surface area contributed by atoms with Crippen LogP contribution in [-0.2, 0) is 10.2 Å². The summed E-state index contributed by atoms with van der Waals surface area (Å²) in [6.07, 6.45) is 3.75. The zero-order chi connectivity index (χ0) is 12.8. The van der Waals surface area contributed by atoms with Crippen molar-refractivity contribution in [2.24, 2.45) is 0 Å². The maximum Gasteiger partial charge on any atom is 0.234 e. The van der Waals surface area contributed by atoms with Crippen molar-refractivity contribution in [3.8, 4) is 0 Å². The van der Waals surface area contributed by atoms with Crippen molar-refractivity contribution in [1.29, 1.82) is 0 Å². The van der Waals surface area contributed by atoms with E-state index in [0.29, 0.717) is 6.04 Å². The van der Waals surface area contributed by atoms with Crippen molar-refractivity contribution < 1.29 is 4.79 Å². The largest absolute Gasteiger partial charge is 0.325 e. The number of benzene rings is 1. The van der Waals surface area contributed by atoms with Crippen LogP contribution in [0.15, 0.2) is 18.2 Å². The number of fused-ring (bicyclic) bond motifs is 1. The minimum atomic E-state index is -0.403. The van der Waals surface area contributed by atoms with Gasteiger partial charge in [0.05, 0.1) is 5.41 Å². The van der Waals surface area contributed by atoms with Crippen LogP contribution in [0.25, 0.3) is 0 Å². The molecule has 1 amide bonds. The second kappa shape index (κ2) is 4.09. The van der Waals surface area contributed by atoms with Gasteiger partial charge in [0.1, 0.15) is 0 Å². The molecule has 2 N–H and O–H groups in total. The monoisotopic (exact) mass is 244 g/mol. The summed E-state index contributed by atoms with van der Waals surface area (Å²) in [5, 5.41) is 6.52. The number of carbonyl (C=O) groups is 1. The maximum absolute atomic E-state index is 11.9. The molecule has 1 aromatic rings. The van der Waals surface area contributed by atoms with Gasteiger partial charge in [-0.3, -0.25) is 4.79 Å². The molecule has 1 fully saturated rings. The third-order valence-electron chi connectivity index (χ3n) is 4.25. The molecule has 18 heavy (non-hydrogen) atoms. The molecular formula is C15H20N2O. The van der Waals surface area contributed by atoms with E-state index in [4.69, 9.17) is 0 Å². The number of rotatable bonds is 1. The van der Waals surface area contributed by atoms with Crippen molar-refractivity contribution in [3.63, 3.8) is 0 Å². The first-order valence-corrected chi connectivity index (χ1v) is 6.78. The third-order valence-corrected chi connectivity index (χ3v) is 4.25. The predicted molar refractivity (Wildman–Crippen MR) is 72.7 cm³/mol. The number of amides is 1. The van der Waals surface area contributed by atoms with E-state index in [1.54, 1.807) is 0 Å². The minimum absolute atomic E-state index is 0.103. The number of piperidine rings is 1. The van der Waals surface area contributed by atoms with Gasteiger partial charge < -0.3 is 10.6 Å².